The number of aryl methyl sites for hydroxylation is 2. The van der Waals surface area contributed by atoms with Crippen LogP contribution in [0.5, 0.6) is 0 Å². The fourth-order valence-corrected chi connectivity index (χ4v) is 5.51. The standard InChI is InChI=1S/C27H33N9O3/c1-4-21-29-19-7-5-6-8-20(19)36(21)27-31-23-22(24(32-27)34-13-15-39-16-14-34)30-25(33(23)3)26(38)35-11-9-18(10-12-35)28-17(2)37/h5-8,18H,4,9-16H2,1-3H3,(H,28,37). The summed E-state index contributed by atoms with van der Waals surface area (Å²) in [6.07, 6.45) is 2.14. The molecule has 4 aromatic rings. The number of rotatable bonds is 5. The molecule has 2 saturated heterocycles. The molecular weight excluding hydrogens is 498 g/mol. The van der Waals surface area contributed by atoms with Crippen LogP contribution in [0.3, 0.4) is 0 Å². The highest BCUT2D eigenvalue weighted by molar-refractivity contribution is 5.96. The fraction of sp³-hybridized carbons (Fsp3) is 0.481. The second kappa shape index (κ2) is 10.3. The maximum atomic E-state index is 13.7. The summed E-state index contributed by atoms with van der Waals surface area (Å²) in [7, 11) is 1.83. The van der Waals surface area contributed by atoms with E-state index in [9.17, 15) is 9.59 Å². The Bertz CT molecular complexity index is 1550. The molecular formula is C27H33N9O3. The second-order valence-electron chi connectivity index (χ2n) is 10.1. The molecule has 3 aromatic heterocycles. The Labute approximate surface area is 226 Å². The van der Waals surface area contributed by atoms with E-state index < -0.39 is 0 Å². The van der Waals surface area contributed by atoms with Crippen LogP contribution in [-0.2, 0) is 23.0 Å². The summed E-state index contributed by atoms with van der Waals surface area (Å²) in [6.45, 7) is 7.24. The quantitative estimate of drug-likeness (QED) is 0.414. The number of hydrogen-bond donors (Lipinski definition) is 1. The van der Waals surface area contributed by atoms with Gasteiger partial charge in [0, 0.05) is 52.6 Å². The normalized spacial score (nSPS) is 16.8. The van der Waals surface area contributed by atoms with Crippen molar-refractivity contribution in [1.29, 1.82) is 0 Å². The van der Waals surface area contributed by atoms with Crippen LogP contribution in [0, 0.1) is 0 Å². The van der Waals surface area contributed by atoms with Gasteiger partial charge in [0.25, 0.3) is 5.91 Å². The Hall–Kier alpha value is -4.06. The number of nitrogens with zero attached hydrogens (tertiary/aromatic N) is 8. The van der Waals surface area contributed by atoms with Gasteiger partial charge in [-0.15, -0.1) is 0 Å². The molecule has 12 heteroatoms. The molecule has 2 aliphatic heterocycles. The van der Waals surface area contributed by atoms with E-state index in [1.807, 2.05) is 35.9 Å². The first kappa shape index (κ1) is 25.2. The lowest BCUT2D eigenvalue weighted by atomic mass is 10.0. The molecule has 1 aromatic carbocycles. The maximum Gasteiger partial charge on any atom is 0.289 e. The topological polar surface area (TPSA) is 123 Å². The lowest BCUT2D eigenvalue weighted by Gasteiger charge is -2.31. The number of nitrogens with one attached hydrogen (secondary N) is 1. The van der Waals surface area contributed by atoms with Gasteiger partial charge in [0.1, 0.15) is 5.82 Å². The van der Waals surface area contributed by atoms with Crippen molar-refractivity contribution in [3.05, 3.63) is 35.9 Å². The van der Waals surface area contributed by atoms with Crippen molar-refractivity contribution in [2.24, 2.45) is 7.05 Å². The summed E-state index contributed by atoms with van der Waals surface area (Å²) >= 11 is 0. The monoisotopic (exact) mass is 531 g/mol. The van der Waals surface area contributed by atoms with Crippen LogP contribution < -0.4 is 10.2 Å². The number of morpholine rings is 1. The number of carbonyl (C=O) groups excluding carboxylic acids is 2. The van der Waals surface area contributed by atoms with Gasteiger partial charge < -0.3 is 24.4 Å². The van der Waals surface area contributed by atoms with Gasteiger partial charge in [-0.3, -0.25) is 14.2 Å². The molecule has 6 rings (SSSR count). The molecule has 2 aliphatic rings. The van der Waals surface area contributed by atoms with Crippen LogP contribution in [0.2, 0.25) is 0 Å². The van der Waals surface area contributed by atoms with Crippen molar-refractivity contribution in [2.45, 2.75) is 39.2 Å². The average Bonchev–Trinajstić information content (AvgIpc) is 3.50. The molecule has 2 amide bonds. The van der Waals surface area contributed by atoms with Crippen LogP contribution in [0.15, 0.2) is 24.3 Å². The number of carbonyl (C=O) groups is 2. The largest absolute Gasteiger partial charge is 0.378 e. The lowest BCUT2D eigenvalue weighted by Crippen LogP contribution is -2.46. The predicted octanol–water partition coefficient (Wildman–Crippen LogP) is 1.84. The number of piperidine rings is 1. The Kier molecular flexibility index (Phi) is 6.63. The van der Waals surface area contributed by atoms with Crippen molar-refractivity contribution in [1.82, 2.24) is 39.3 Å². The number of benzene rings is 1. The van der Waals surface area contributed by atoms with E-state index >= 15 is 0 Å². The smallest absolute Gasteiger partial charge is 0.289 e. The molecule has 0 saturated carbocycles. The lowest BCUT2D eigenvalue weighted by molar-refractivity contribution is -0.119. The summed E-state index contributed by atoms with van der Waals surface area (Å²) in [6, 6.07) is 8.05. The number of anilines is 1. The van der Waals surface area contributed by atoms with Crippen molar-refractivity contribution in [2.75, 3.05) is 44.3 Å². The van der Waals surface area contributed by atoms with E-state index in [1.54, 1.807) is 9.47 Å². The summed E-state index contributed by atoms with van der Waals surface area (Å²) in [4.78, 5) is 48.7. The van der Waals surface area contributed by atoms with Gasteiger partial charge >= 0.3 is 0 Å². The minimum absolute atomic E-state index is 0.0444. The zero-order chi connectivity index (χ0) is 27.1. The van der Waals surface area contributed by atoms with Gasteiger partial charge in [-0.25, -0.2) is 9.97 Å². The third-order valence-corrected chi connectivity index (χ3v) is 7.53. The molecule has 0 atom stereocenters. The molecule has 0 unspecified atom stereocenters. The molecule has 1 N–H and O–H groups in total. The van der Waals surface area contributed by atoms with E-state index in [1.165, 1.54) is 6.92 Å². The van der Waals surface area contributed by atoms with Crippen molar-refractivity contribution < 1.29 is 14.3 Å². The first-order valence-electron chi connectivity index (χ1n) is 13.5. The van der Waals surface area contributed by atoms with E-state index in [0.717, 1.165) is 16.9 Å². The molecule has 2 fully saturated rings. The van der Waals surface area contributed by atoms with Crippen LogP contribution >= 0.6 is 0 Å². The van der Waals surface area contributed by atoms with Crippen molar-refractivity contribution in [3.63, 3.8) is 0 Å². The minimum Gasteiger partial charge on any atom is -0.378 e. The SMILES string of the molecule is CCc1nc2ccccc2n1-c1nc(N2CCOCC2)c2nc(C(=O)N3CCC(NC(C)=O)CC3)n(C)c2n1. The number of amides is 2. The highest BCUT2D eigenvalue weighted by Gasteiger charge is 2.30. The van der Waals surface area contributed by atoms with Crippen LogP contribution in [0.25, 0.3) is 28.1 Å². The average molecular weight is 532 g/mol. The molecule has 0 spiro atoms. The van der Waals surface area contributed by atoms with Gasteiger partial charge in [0.15, 0.2) is 17.0 Å². The number of imidazole rings is 2. The summed E-state index contributed by atoms with van der Waals surface area (Å²) in [5.74, 6) is 2.20. The summed E-state index contributed by atoms with van der Waals surface area (Å²) < 4.78 is 9.37. The highest BCUT2D eigenvalue weighted by atomic mass is 16.5. The molecule has 0 bridgehead atoms. The first-order chi connectivity index (χ1) is 18.9. The third-order valence-electron chi connectivity index (χ3n) is 7.53. The van der Waals surface area contributed by atoms with E-state index in [2.05, 4.69) is 17.1 Å². The molecule has 5 heterocycles. The molecule has 204 valence electrons. The van der Waals surface area contributed by atoms with Crippen molar-refractivity contribution >= 4 is 39.8 Å². The summed E-state index contributed by atoms with van der Waals surface area (Å²) in [5.41, 5.74) is 3.01. The maximum absolute atomic E-state index is 13.7. The predicted molar refractivity (Wildman–Crippen MR) is 146 cm³/mol. The second-order valence-corrected chi connectivity index (χ2v) is 10.1. The van der Waals surface area contributed by atoms with Crippen LogP contribution in [0.4, 0.5) is 5.82 Å². The number of ether oxygens (including phenoxy) is 1. The Morgan fingerprint density at radius 3 is 2.49 bits per heavy atom. The van der Waals surface area contributed by atoms with Gasteiger partial charge in [-0.1, -0.05) is 19.1 Å². The minimum atomic E-state index is -0.145. The Balaban J connectivity index is 1.44. The van der Waals surface area contributed by atoms with Crippen LogP contribution in [-0.4, -0.2) is 91.2 Å². The molecule has 39 heavy (non-hydrogen) atoms. The van der Waals surface area contributed by atoms with Gasteiger partial charge in [-0.05, 0) is 25.0 Å². The zero-order valence-corrected chi connectivity index (χ0v) is 22.6. The van der Waals surface area contributed by atoms with Crippen molar-refractivity contribution in [3.8, 4) is 5.95 Å². The van der Waals surface area contributed by atoms with Gasteiger partial charge in [0.05, 0.1) is 24.2 Å². The number of aromatic nitrogens is 6. The molecule has 0 radical (unpaired) electrons. The molecule has 12 nitrogen and oxygen atoms in total. The van der Waals surface area contributed by atoms with E-state index in [0.29, 0.717) is 87.4 Å². The van der Waals surface area contributed by atoms with E-state index in [-0.39, 0.29) is 17.9 Å². The fourth-order valence-electron chi connectivity index (χ4n) is 5.51. The zero-order valence-electron chi connectivity index (χ0n) is 22.6. The summed E-state index contributed by atoms with van der Waals surface area (Å²) in [5, 5.41) is 2.96. The first-order valence-corrected chi connectivity index (χ1v) is 13.5. The van der Waals surface area contributed by atoms with Crippen LogP contribution in [0.1, 0.15) is 43.1 Å². The van der Waals surface area contributed by atoms with Gasteiger partial charge in [-0.2, -0.15) is 9.97 Å². The number of hydrogen-bond acceptors (Lipinski definition) is 8. The molecule has 0 aliphatic carbocycles. The highest BCUT2D eigenvalue weighted by Crippen LogP contribution is 2.29. The Morgan fingerprint density at radius 1 is 1.03 bits per heavy atom. The third kappa shape index (κ3) is 4.58. The number of para-hydroxylation sites is 2. The van der Waals surface area contributed by atoms with Gasteiger partial charge in [0.2, 0.25) is 17.7 Å². The Morgan fingerprint density at radius 2 is 1.77 bits per heavy atom. The van der Waals surface area contributed by atoms with E-state index in [4.69, 9.17) is 24.7 Å². The number of likely N-dealkylation sites (tertiary alicyclic amines) is 1. The number of fused-ring (bicyclic) bond motifs is 2.